The lowest BCUT2D eigenvalue weighted by Crippen LogP contribution is -2.40. The number of piperidine rings is 1. The van der Waals surface area contributed by atoms with E-state index in [2.05, 4.69) is 4.99 Å². The van der Waals surface area contributed by atoms with Gasteiger partial charge in [-0.3, -0.25) is 4.99 Å². The van der Waals surface area contributed by atoms with Crippen molar-refractivity contribution in [1.29, 1.82) is 0 Å². The van der Waals surface area contributed by atoms with Gasteiger partial charge < -0.3 is 15.4 Å². The Balaban J connectivity index is 1.89. The van der Waals surface area contributed by atoms with Crippen LogP contribution in [0.3, 0.4) is 0 Å². The van der Waals surface area contributed by atoms with Crippen LogP contribution in [0.15, 0.2) is 35.3 Å². The van der Waals surface area contributed by atoms with Crippen molar-refractivity contribution in [3.8, 4) is 0 Å². The summed E-state index contributed by atoms with van der Waals surface area (Å²) in [6, 6.07) is 9.93. The van der Waals surface area contributed by atoms with Gasteiger partial charge in [0.2, 0.25) is 0 Å². The summed E-state index contributed by atoms with van der Waals surface area (Å²) in [6.45, 7) is 3.58. The molecule has 1 aromatic rings. The van der Waals surface area contributed by atoms with Crippen molar-refractivity contribution in [2.45, 2.75) is 25.8 Å². The molecular formula is C15H21N3O2. The Morgan fingerprint density at radius 3 is 2.60 bits per heavy atom. The number of amides is 1. The Hall–Kier alpha value is -2.04. The molecule has 1 aromatic carbocycles. The first-order chi connectivity index (χ1) is 9.70. The summed E-state index contributed by atoms with van der Waals surface area (Å²) in [4.78, 5) is 17.9. The number of nitrogens with two attached hydrogens (primary N) is 1. The highest BCUT2D eigenvalue weighted by molar-refractivity contribution is 5.97. The molecule has 0 spiro atoms. The largest absolute Gasteiger partial charge is 0.450 e. The molecule has 5 nitrogen and oxygen atoms in total. The lowest BCUT2D eigenvalue weighted by molar-refractivity contribution is 0.0975. The van der Waals surface area contributed by atoms with Crippen molar-refractivity contribution in [2.24, 2.45) is 10.7 Å². The fourth-order valence-electron chi connectivity index (χ4n) is 2.27. The Morgan fingerprint density at radius 2 is 2.00 bits per heavy atom. The molecule has 0 aliphatic carbocycles. The van der Waals surface area contributed by atoms with E-state index in [1.165, 1.54) is 0 Å². The highest BCUT2D eigenvalue weighted by Gasteiger charge is 2.23. The molecule has 0 bridgehead atoms. The first kappa shape index (κ1) is 14.4. The number of carbonyl (C=O) groups excluding carboxylic acids is 1. The number of benzene rings is 1. The van der Waals surface area contributed by atoms with Crippen LogP contribution in [-0.4, -0.2) is 42.6 Å². The van der Waals surface area contributed by atoms with Gasteiger partial charge in [-0.15, -0.1) is 0 Å². The maximum absolute atomic E-state index is 11.6. The molecular weight excluding hydrogens is 254 g/mol. The predicted octanol–water partition coefficient (Wildman–Crippen LogP) is 2.01. The fraction of sp³-hybridized carbons (Fsp3) is 0.467. The number of likely N-dealkylation sites (tertiary alicyclic amines) is 1. The highest BCUT2D eigenvalue weighted by Crippen LogP contribution is 2.15. The molecule has 5 heteroatoms. The number of amidine groups is 1. The van der Waals surface area contributed by atoms with Gasteiger partial charge in [0.15, 0.2) is 0 Å². The normalized spacial score (nSPS) is 17.1. The first-order valence-corrected chi connectivity index (χ1v) is 7.01. The molecule has 0 atom stereocenters. The summed E-state index contributed by atoms with van der Waals surface area (Å²) < 4.78 is 4.99. The van der Waals surface area contributed by atoms with Crippen LogP contribution in [0.1, 0.15) is 25.3 Å². The molecule has 1 fully saturated rings. The van der Waals surface area contributed by atoms with Crippen LogP contribution < -0.4 is 5.73 Å². The van der Waals surface area contributed by atoms with Gasteiger partial charge in [-0.05, 0) is 19.8 Å². The molecule has 108 valence electrons. The van der Waals surface area contributed by atoms with Crippen LogP contribution in [0, 0.1) is 0 Å². The maximum Gasteiger partial charge on any atom is 0.409 e. The minimum Gasteiger partial charge on any atom is -0.450 e. The second kappa shape index (κ2) is 6.93. The zero-order valence-corrected chi connectivity index (χ0v) is 11.8. The summed E-state index contributed by atoms with van der Waals surface area (Å²) in [5, 5.41) is 0. The number of rotatable bonds is 3. The summed E-state index contributed by atoms with van der Waals surface area (Å²) in [6.07, 6.45) is 1.42. The third-order valence-electron chi connectivity index (χ3n) is 3.38. The molecule has 1 aliphatic rings. The monoisotopic (exact) mass is 275 g/mol. The molecule has 1 heterocycles. The minimum absolute atomic E-state index is 0.181. The van der Waals surface area contributed by atoms with Gasteiger partial charge in [0, 0.05) is 18.7 Å². The SMILES string of the molecule is CCOC(=O)N1CCC(N=C(N)c2ccccc2)CC1. The van der Waals surface area contributed by atoms with E-state index in [9.17, 15) is 4.79 Å². The van der Waals surface area contributed by atoms with Crippen LogP contribution in [0.25, 0.3) is 0 Å². The Bertz CT molecular complexity index is 465. The smallest absolute Gasteiger partial charge is 0.409 e. The molecule has 1 aliphatic heterocycles. The minimum atomic E-state index is -0.231. The van der Waals surface area contributed by atoms with Crippen LogP contribution >= 0.6 is 0 Å². The maximum atomic E-state index is 11.6. The fourth-order valence-corrected chi connectivity index (χ4v) is 2.27. The van der Waals surface area contributed by atoms with Crippen LogP contribution in [0.4, 0.5) is 4.79 Å². The van der Waals surface area contributed by atoms with Crippen molar-refractivity contribution in [2.75, 3.05) is 19.7 Å². The molecule has 0 unspecified atom stereocenters. The Morgan fingerprint density at radius 1 is 1.35 bits per heavy atom. The highest BCUT2D eigenvalue weighted by atomic mass is 16.6. The van der Waals surface area contributed by atoms with E-state index in [1.807, 2.05) is 37.3 Å². The van der Waals surface area contributed by atoms with E-state index in [0.29, 0.717) is 25.5 Å². The molecule has 2 N–H and O–H groups in total. The van der Waals surface area contributed by atoms with E-state index < -0.39 is 0 Å². The van der Waals surface area contributed by atoms with Gasteiger partial charge >= 0.3 is 6.09 Å². The molecule has 20 heavy (non-hydrogen) atoms. The third kappa shape index (κ3) is 3.73. The summed E-state index contributed by atoms with van der Waals surface area (Å²) in [7, 11) is 0. The summed E-state index contributed by atoms with van der Waals surface area (Å²) in [5.41, 5.74) is 6.96. The van der Waals surface area contributed by atoms with Gasteiger partial charge in [-0.25, -0.2) is 4.79 Å². The quantitative estimate of drug-likeness (QED) is 0.677. The number of hydrogen-bond acceptors (Lipinski definition) is 3. The van der Waals surface area contributed by atoms with Gasteiger partial charge in [-0.1, -0.05) is 30.3 Å². The topological polar surface area (TPSA) is 67.9 Å². The molecule has 0 aromatic heterocycles. The number of ether oxygens (including phenoxy) is 1. The summed E-state index contributed by atoms with van der Waals surface area (Å²) >= 11 is 0. The van der Waals surface area contributed by atoms with E-state index in [-0.39, 0.29) is 12.1 Å². The van der Waals surface area contributed by atoms with Gasteiger partial charge in [0.05, 0.1) is 12.6 Å². The molecule has 0 saturated carbocycles. The van der Waals surface area contributed by atoms with Crippen molar-refractivity contribution >= 4 is 11.9 Å². The van der Waals surface area contributed by atoms with Crippen LogP contribution in [-0.2, 0) is 4.74 Å². The average Bonchev–Trinajstić information content (AvgIpc) is 2.49. The first-order valence-electron chi connectivity index (χ1n) is 7.01. The van der Waals surface area contributed by atoms with E-state index in [1.54, 1.807) is 4.90 Å². The molecule has 2 rings (SSSR count). The molecule has 1 amide bonds. The van der Waals surface area contributed by atoms with Crippen molar-refractivity contribution < 1.29 is 9.53 Å². The van der Waals surface area contributed by atoms with Gasteiger partial charge in [0.1, 0.15) is 5.84 Å². The van der Waals surface area contributed by atoms with E-state index >= 15 is 0 Å². The van der Waals surface area contributed by atoms with Crippen LogP contribution in [0.5, 0.6) is 0 Å². The number of hydrogen-bond donors (Lipinski definition) is 1. The van der Waals surface area contributed by atoms with Crippen molar-refractivity contribution in [3.05, 3.63) is 35.9 Å². The zero-order chi connectivity index (χ0) is 14.4. The van der Waals surface area contributed by atoms with Crippen LogP contribution in [0.2, 0.25) is 0 Å². The lowest BCUT2D eigenvalue weighted by Gasteiger charge is -2.29. The summed E-state index contributed by atoms with van der Waals surface area (Å²) in [5.74, 6) is 0.570. The van der Waals surface area contributed by atoms with E-state index in [0.717, 1.165) is 18.4 Å². The standard InChI is InChI=1S/C15H21N3O2/c1-2-20-15(19)18-10-8-13(9-11-18)17-14(16)12-6-4-3-5-7-12/h3-7,13H,2,8-11H2,1H3,(H2,16,17). The third-order valence-corrected chi connectivity index (χ3v) is 3.38. The number of nitrogens with zero attached hydrogens (tertiary/aromatic N) is 2. The molecule has 0 radical (unpaired) electrons. The Kier molecular flexibility index (Phi) is 4.98. The van der Waals surface area contributed by atoms with Gasteiger partial charge in [-0.2, -0.15) is 0 Å². The van der Waals surface area contributed by atoms with Crippen molar-refractivity contribution in [3.63, 3.8) is 0 Å². The second-order valence-electron chi connectivity index (χ2n) is 4.80. The number of aliphatic imine (C=N–C) groups is 1. The predicted molar refractivity (Wildman–Crippen MR) is 78.8 cm³/mol. The molecule has 1 saturated heterocycles. The number of carbonyl (C=O) groups is 1. The van der Waals surface area contributed by atoms with Gasteiger partial charge in [0.25, 0.3) is 0 Å². The zero-order valence-electron chi connectivity index (χ0n) is 11.8. The van der Waals surface area contributed by atoms with E-state index in [4.69, 9.17) is 10.5 Å². The average molecular weight is 275 g/mol. The Labute approximate surface area is 119 Å². The lowest BCUT2D eigenvalue weighted by atomic mass is 10.1. The van der Waals surface area contributed by atoms with Crippen molar-refractivity contribution in [1.82, 2.24) is 4.90 Å². The second-order valence-corrected chi connectivity index (χ2v) is 4.80.